The van der Waals surface area contributed by atoms with Gasteiger partial charge in [0, 0.05) is 19.0 Å². The molecule has 9 heteroatoms. The third-order valence-electron chi connectivity index (χ3n) is 3.86. The van der Waals surface area contributed by atoms with Crippen LogP contribution in [0.5, 0.6) is 0 Å². The Morgan fingerprint density at radius 2 is 1.85 bits per heavy atom. The van der Waals surface area contributed by atoms with Crippen LogP contribution in [-0.4, -0.2) is 32.1 Å². The number of hydrogen-bond acceptors (Lipinski definition) is 5. The molecular weight excluding hydrogens is 372 g/mol. The molecule has 0 bridgehead atoms. The van der Waals surface area contributed by atoms with Gasteiger partial charge in [0.25, 0.3) is 0 Å². The van der Waals surface area contributed by atoms with Gasteiger partial charge in [-0.05, 0) is 41.4 Å². The molecule has 0 aliphatic rings. The van der Waals surface area contributed by atoms with E-state index < -0.39 is 10.0 Å². The highest BCUT2D eigenvalue weighted by molar-refractivity contribution is 7.92. The van der Waals surface area contributed by atoms with Gasteiger partial charge in [-0.2, -0.15) is 4.37 Å². The fraction of sp³-hybridized carbons (Fsp3) is 0.176. The van der Waals surface area contributed by atoms with Crippen LogP contribution >= 0.6 is 11.5 Å². The molecule has 26 heavy (non-hydrogen) atoms. The molecule has 2 N–H and O–H groups in total. The summed E-state index contributed by atoms with van der Waals surface area (Å²) >= 11 is 1.33. The largest absolute Gasteiger partial charge is 0.334 e. The maximum absolute atomic E-state index is 12.1. The van der Waals surface area contributed by atoms with Gasteiger partial charge in [0.2, 0.25) is 10.0 Å². The molecule has 1 aromatic heterocycles. The summed E-state index contributed by atoms with van der Waals surface area (Å²) in [5.41, 5.74) is 1.42. The fourth-order valence-corrected chi connectivity index (χ4v) is 3.57. The number of carbonyl (C=O) groups is 1. The van der Waals surface area contributed by atoms with E-state index in [1.807, 2.05) is 24.3 Å². The Labute approximate surface area is 155 Å². The molecule has 0 saturated heterocycles. The SMILES string of the molecule is CN(c1ccc(CNC(=O)Nc2nsc3ccccc23)cc1)S(C)(=O)=O. The molecule has 0 unspecified atom stereocenters. The van der Waals surface area contributed by atoms with Crippen LogP contribution in [0.15, 0.2) is 48.5 Å². The Morgan fingerprint density at radius 3 is 2.54 bits per heavy atom. The van der Waals surface area contributed by atoms with E-state index in [0.29, 0.717) is 18.1 Å². The molecule has 0 atom stereocenters. The second-order valence-electron chi connectivity index (χ2n) is 5.73. The lowest BCUT2D eigenvalue weighted by molar-refractivity contribution is 0.251. The first-order valence-corrected chi connectivity index (χ1v) is 10.4. The molecule has 0 spiro atoms. The van der Waals surface area contributed by atoms with Crippen LogP contribution in [0.1, 0.15) is 5.56 Å². The topological polar surface area (TPSA) is 91.4 Å². The standard InChI is InChI=1S/C17H18N4O3S2/c1-21(26(2,23)24)13-9-7-12(8-10-13)11-18-17(22)19-16-14-5-3-4-6-15(14)25-20-16/h3-10H,11H2,1-2H3,(H2,18,19,20,22). The van der Waals surface area contributed by atoms with Crippen molar-refractivity contribution in [2.45, 2.75) is 6.54 Å². The molecule has 0 radical (unpaired) electrons. The van der Waals surface area contributed by atoms with Crippen LogP contribution in [-0.2, 0) is 16.6 Å². The minimum atomic E-state index is -3.29. The average Bonchev–Trinajstić information content (AvgIpc) is 3.02. The van der Waals surface area contributed by atoms with Crippen LogP contribution < -0.4 is 14.9 Å². The average molecular weight is 390 g/mol. The van der Waals surface area contributed by atoms with Crippen LogP contribution in [0.3, 0.4) is 0 Å². The van der Waals surface area contributed by atoms with E-state index in [9.17, 15) is 13.2 Å². The van der Waals surface area contributed by atoms with E-state index >= 15 is 0 Å². The first-order valence-electron chi connectivity index (χ1n) is 7.77. The van der Waals surface area contributed by atoms with Crippen LogP contribution in [0.4, 0.5) is 16.3 Å². The van der Waals surface area contributed by atoms with Crippen LogP contribution in [0.2, 0.25) is 0 Å². The van der Waals surface area contributed by atoms with Crippen molar-refractivity contribution in [1.82, 2.24) is 9.69 Å². The molecule has 3 rings (SSSR count). The summed E-state index contributed by atoms with van der Waals surface area (Å²) in [4.78, 5) is 12.1. The maximum Gasteiger partial charge on any atom is 0.320 e. The third-order valence-corrected chi connectivity index (χ3v) is 5.89. The number of urea groups is 1. The van der Waals surface area contributed by atoms with Crippen molar-refractivity contribution >= 4 is 49.2 Å². The van der Waals surface area contributed by atoms with Gasteiger partial charge in [-0.15, -0.1) is 0 Å². The summed E-state index contributed by atoms with van der Waals surface area (Å²) in [7, 11) is -1.80. The van der Waals surface area contributed by atoms with Crippen LogP contribution in [0.25, 0.3) is 10.1 Å². The van der Waals surface area contributed by atoms with E-state index in [2.05, 4.69) is 15.0 Å². The first-order chi connectivity index (χ1) is 12.3. The van der Waals surface area contributed by atoms with Gasteiger partial charge in [0.1, 0.15) is 0 Å². The normalized spacial score (nSPS) is 11.3. The van der Waals surface area contributed by atoms with Crippen molar-refractivity contribution in [1.29, 1.82) is 0 Å². The molecule has 136 valence electrons. The highest BCUT2D eigenvalue weighted by Gasteiger charge is 2.12. The maximum atomic E-state index is 12.1. The molecule has 3 aromatic rings. The Kier molecular flexibility index (Phi) is 5.10. The van der Waals surface area contributed by atoms with Crippen LogP contribution in [0, 0.1) is 0 Å². The third kappa shape index (κ3) is 4.12. The number of nitrogens with one attached hydrogen (secondary N) is 2. The first kappa shape index (κ1) is 18.2. The van der Waals surface area contributed by atoms with Crippen molar-refractivity contribution in [2.24, 2.45) is 0 Å². The van der Waals surface area contributed by atoms with Gasteiger partial charge < -0.3 is 5.32 Å². The number of sulfonamides is 1. The monoisotopic (exact) mass is 390 g/mol. The van der Waals surface area contributed by atoms with Crippen molar-refractivity contribution < 1.29 is 13.2 Å². The van der Waals surface area contributed by atoms with E-state index in [4.69, 9.17) is 0 Å². The minimum absolute atomic E-state index is 0.316. The second-order valence-corrected chi connectivity index (χ2v) is 8.55. The summed E-state index contributed by atoms with van der Waals surface area (Å²) in [6.07, 6.45) is 1.15. The Morgan fingerprint density at radius 1 is 1.15 bits per heavy atom. The highest BCUT2D eigenvalue weighted by Crippen LogP contribution is 2.26. The molecular formula is C17H18N4O3S2. The molecule has 0 saturated carbocycles. The number of rotatable bonds is 5. The molecule has 2 aromatic carbocycles. The number of nitrogens with zero attached hydrogens (tertiary/aromatic N) is 2. The highest BCUT2D eigenvalue weighted by atomic mass is 32.2. The number of benzene rings is 2. The summed E-state index contributed by atoms with van der Waals surface area (Å²) in [5, 5.41) is 6.41. The zero-order chi connectivity index (χ0) is 18.7. The Bertz CT molecular complexity index is 1030. The zero-order valence-electron chi connectivity index (χ0n) is 14.3. The Balaban J connectivity index is 1.59. The van der Waals surface area contributed by atoms with E-state index in [-0.39, 0.29) is 6.03 Å². The lowest BCUT2D eigenvalue weighted by Gasteiger charge is -2.16. The number of fused-ring (bicyclic) bond motifs is 1. The molecule has 2 amide bonds. The zero-order valence-corrected chi connectivity index (χ0v) is 15.9. The summed E-state index contributed by atoms with van der Waals surface area (Å²) in [6.45, 7) is 0.316. The predicted molar refractivity (Wildman–Crippen MR) is 105 cm³/mol. The summed E-state index contributed by atoms with van der Waals surface area (Å²) < 4.78 is 29.5. The lowest BCUT2D eigenvalue weighted by Crippen LogP contribution is -2.28. The summed E-state index contributed by atoms with van der Waals surface area (Å²) in [6, 6.07) is 14.3. The molecule has 0 fully saturated rings. The van der Waals surface area contributed by atoms with Gasteiger partial charge >= 0.3 is 6.03 Å². The lowest BCUT2D eigenvalue weighted by atomic mass is 10.2. The predicted octanol–water partition coefficient (Wildman–Crippen LogP) is 3.01. The molecule has 0 aliphatic carbocycles. The number of anilines is 2. The number of aromatic nitrogens is 1. The molecule has 1 heterocycles. The summed E-state index contributed by atoms with van der Waals surface area (Å²) in [5.74, 6) is 0.535. The number of hydrogen-bond donors (Lipinski definition) is 2. The Hall–Kier alpha value is -2.65. The molecule has 0 aliphatic heterocycles. The van der Waals surface area contributed by atoms with E-state index in [1.165, 1.54) is 22.9 Å². The van der Waals surface area contributed by atoms with Crippen molar-refractivity contribution in [3.63, 3.8) is 0 Å². The van der Waals surface area contributed by atoms with Gasteiger partial charge in [-0.3, -0.25) is 9.62 Å². The van der Waals surface area contributed by atoms with Gasteiger partial charge in [0.15, 0.2) is 5.82 Å². The van der Waals surface area contributed by atoms with Crippen molar-refractivity contribution in [3.8, 4) is 0 Å². The second kappa shape index (κ2) is 7.30. The molecule has 7 nitrogen and oxygen atoms in total. The number of amides is 2. The smallest absolute Gasteiger partial charge is 0.320 e. The van der Waals surface area contributed by atoms with E-state index in [0.717, 1.165) is 21.9 Å². The van der Waals surface area contributed by atoms with E-state index in [1.54, 1.807) is 24.3 Å². The quantitative estimate of drug-likeness (QED) is 0.701. The van der Waals surface area contributed by atoms with Crippen molar-refractivity contribution in [3.05, 3.63) is 54.1 Å². The van der Waals surface area contributed by atoms with Gasteiger partial charge in [-0.25, -0.2) is 13.2 Å². The minimum Gasteiger partial charge on any atom is -0.334 e. The van der Waals surface area contributed by atoms with Gasteiger partial charge in [0.05, 0.1) is 16.6 Å². The van der Waals surface area contributed by atoms with Crippen molar-refractivity contribution in [2.75, 3.05) is 22.9 Å². The fourth-order valence-electron chi connectivity index (χ4n) is 2.33. The number of carbonyl (C=O) groups excluding carboxylic acids is 1. The van der Waals surface area contributed by atoms with Gasteiger partial charge in [-0.1, -0.05) is 24.3 Å².